The number of carbonyl (C=O) groups excluding carboxylic acids is 1. The summed E-state index contributed by atoms with van der Waals surface area (Å²) >= 11 is 6.74. The predicted octanol–water partition coefficient (Wildman–Crippen LogP) is 6.46. The van der Waals surface area contributed by atoms with E-state index in [-0.39, 0.29) is 11.9 Å². The highest BCUT2D eigenvalue weighted by atomic mass is 32.2. The van der Waals surface area contributed by atoms with Crippen molar-refractivity contribution in [1.29, 1.82) is 0 Å². The average Bonchev–Trinajstić information content (AvgIpc) is 3.43. The number of carbonyl (C=O) groups is 2. The largest absolute Gasteiger partial charge is 0.481 e. The van der Waals surface area contributed by atoms with Crippen LogP contribution in [0.15, 0.2) is 76.1 Å². The lowest BCUT2D eigenvalue weighted by Gasteiger charge is -2.32. The lowest BCUT2D eigenvalue weighted by molar-refractivity contribution is -0.144. The van der Waals surface area contributed by atoms with Crippen LogP contribution in [0.5, 0.6) is 0 Å². The van der Waals surface area contributed by atoms with E-state index in [1.54, 1.807) is 11.0 Å². The Balaban J connectivity index is 1.39. The minimum absolute atomic E-state index is 0.168. The first-order valence-electron chi connectivity index (χ1n) is 11.3. The molecule has 1 amide bonds. The Hall–Kier alpha value is -3.16. The SMILES string of the molecule is O=C(O)C1CCCC(N2C(=O)C(=Cc3ccc(-c4ccccc4-c4ccccc4)o3)SC2=S)C1. The van der Waals surface area contributed by atoms with Gasteiger partial charge in [0.1, 0.15) is 15.8 Å². The molecule has 0 radical (unpaired) electrons. The first kappa shape index (κ1) is 22.6. The lowest BCUT2D eigenvalue weighted by atomic mass is 9.85. The molecule has 0 bridgehead atoms. The molecule has 2 aliphatic rings. The van der Waals surface area contributed by atoms with Gasteiger partial charge < -0.3 is 9.52 Å². The van der Waals surface area contributed by atoms with E-state index in [1.807, 2.05) is 48.5 Å². The molecule has 0 spiro atoms. The number of carboxylic acid groups (broad SMARTS) is 1. The number of furan rings is 1. The van der Waals surface area contributed by atoms with Gasteiger partial charge in [0.2, 0.25) is 0 Å². The van der Waals surface area contributed by atoms with Gasteiger partial charge in [-0.3, -0.25) is 14.5 Å². The molecule has 172 valence electrons. The standard InChI is InChI=1S/C27H23NO4S2/c29-25-24(34-27(33)28(25)19-10-6-9-18(15-19)26(30)31)16-20-13-14-23(32-20)22-12-5-4-11-21(22)17-7-2-1-3-8-17/h1-5,7-8,11-14,16,18-19H,6,9-10,15H2,(H,30,31). The van der Waals surface area contributed by atoms with E-state index in [9.17, 15) is 14.7 Å². The van der Waals surface area contributed by atoms with Crippen LogP contribution in [0.4, 0.5) is 0 Å². The van der Waals surface area contributed by atoms with Gasteiger partial charge in [-0.1, -0.05) is 85.0 Å². The van der Waals surface area contributed by atoms with Crippen molar-refractivity contribution >= 4 is 46.3 Å². The molecule has 1 aromatic heterocycles. The molecule has 1 aliphatic heterocycles. The fourth-order valence-electron chi connectivity index (χ4n) is 4.69. The maximum absolute atomic E-state index is 13.2. The van der Waals surface area contributed by atoms with Gasteiger partial charge in [0.15, 0.2) is 0 Å². The third-order valence-corrected chi connectivity index (χ3v) is 7.69. The fraction of sp³-hybridized carbons (Fsp3) is 0.222. The van der Waals surface area contributed by atoms with Crippen molar-refractivity contribution < 1.29 is 19.1 Å². The van der Waals surface area contributed by atoms with Crippen molar-refractivity contribution in [3.63, 3.8) is 0 Å². The molecular weight excluding hydrogens is 466 g/mol. The Morgan fingerprint density at radius 2 is 1.76 bits per heavy atom. The number of aliphatic carboxylic acids is 1. The van der Waals surface area contributed by atoms with Crippen molar-refractivity contribution in [2.24, 2.45) is 5.92 Å². The Labute approximate surface area is 207 Å². The van der Waals surface area contributed by atoms with Gasteiger partial charge in [-0.15, -0.1) is 0 Å². The van der Waals surface area contributed by atoms with Crippen molar-refractivity contribution in [2.75, 3.05) is 0 Å². The zero-order chi connectivity index (χ0) is 23.7. The van der Waals surface area contributed by atoms with Crippen molar-refractivity contribution in [2.45, 2.75) is 31.7 Å². The van der Waals surface area contributed by atoms with Gasteiger partial charge in [0.05, 0.1) is 10.8 Å². The van der Waals surface area contributed by atoms with Crippen LogP contribution in [-0.2, 0) is 9.59 Å². The predicted molar refractivity (Wildman–Crippen MR) is 138 cm³/mol. The van der Waals surface area contributed by atoms with Crippen LogP contribution in [0, 0.1) is 5.92 Å². The number of thioether (sulfide) groups is 1. The summed E-state index contributed by atoms with van der Waals surface area (Å²) in [4.78, 5) is 26.7. The highest BCUT2D eigenvalue weighted by Crippen LogP contribution is 2.39. The second-order valence-corrected chi connectivity index (χ2v) is 10.2. The van der Waals surface area contributed by atoms with E-state index in [1.165, 1.54) is 11.8 Å². The maximum atomic E-state index is 13.2. The number of benzene rings is 2. The molecule has 2 atom stereocenters. The molecular formula is C27H23NO4S2. The summed E-state index contributed by atoms with van der Waals surface area (Å²) in [6.45, 7) is 0. The van der Waals surface area contributed by atoms with Crippen molar-refractivity contribution in [1.82, 2.24) is 4.90 Å². The van der Waals surface area contributed by atoms with Crippen LogP contribution in [0.2, 0.25) is 0 Å². The summed E-state index contributed by atoms with van der Waals surface area (Å²) in [6.07, 6.45) is 4.36. The smallest absolute Gasteiger partial charge is 0.306 e. The summed E-state index contributed by atoms with van der Waals surface area (Å²) in [5.74, 6) is -0.105. The summed E-state index contributed by atoms with van der Waals surface area (Å²) in [5.41, 5.74) is 3.15. The van der Waals surface area contributed by atoms with Gasteiger partial charge in [0.25, 0.3) is 5.91 Å². The minimum Gasteiger partial charge on any atom is -0.481 e. The monoisotopic (exact) mass is 489 g/mol. The second kappa shape index (κ2) is 9.60. The van der Waals surface area contributed by atoms with Crippen LogP contribution < -0.4 is 0 Å². The molecule has 34 heavy (non-hydrogen) atoms. The highest BCUT2D eigenvalue weighted by molar-refractivity contribution is 8.26. The van der Waals surface area contributed by atoms with E-state index in [4.69, 9.17) is 16.6 Å². The minimum atomic E-state index is -0.801. The molecule has 1 saturated carbocycles. The molecule has 5 rings (SSSR count). The Kier molecular flexibility index (Phi) is 6.39. The zero-order valence-corrected chi connectivity index (χ0v) is 20.0. The summed E-state index contributed by atoms with van der Waals surface area (Å²) in [7, 11) is 0. The first-order chi connectivity index (χ1) is 16.5. The van der Waals surface area contributed by atoms with Gasteiger partial charge >= 0.3 is 5.97 Å². The number of rotatable bonds is 5. The molecule has 1 aliphatic carbocycles. The van der Waals surface area contributed by atoms with Crippen LogP contribution in [0.1, 0.15) is 31.4 Å². The van der Waals surface area contributed by atoms with Gasteiger partial charge in [0, 0.05) is 17.7 Å². The second-order valence-electron chi connectivity index (χ2n) is 8.52. The van der Waals surface area contributed by atoms with Crippen molar-refractivity contribution in [3.8, 4) is 22.5 Å². The Bertz CT molecular complexity index is 1280. The van der Waals surface area contributed by atoms with Crippen molar-refractivity contribution in [3.05, 3.63) is 77.4 Å². The van der Waals surface area contributed by atoms with E-state index in [0.717, 1.165) is 35.3 Å². The Morgan fingerprint density at radius 3 is 2.53 bits per heavy atom. The zero-order valence-electron chi connectivity index (χ0n) is 18.3. The third-order valence-electron chi connectivity index (χ3n) is 6.36. The van der Waals surface area contributed by atoms with Crippen LogP contribution in [0.3, 0.4) is 0 Å². The van der Waals surface area contributed by atoms with Gasteiger partial charge in [-0.2, -0.15) is 0 Å². The molecule has 1 saturated heterocycles. The molecule has 2 heterocycles. The van der Waals surface area contributed by atoms with E-state index in [0.29, 0.717) is 27.8 Å². The summed E-state index contributed by atoms with van der Waals surface area (Å²) in [6, 6.07) is 21.8. The normalized spacial score (nSPS) is 21.9. The molecule has 7 heteroatoms. The lowest BCUT2D eigenvalue weighted by Crippen LogP contribution is -2.42. The maximum Gasteiger partial charge on any atom is 0.306 e. The molecule has 5 nitrogen and oxygen atoms in total. The average molecular weight is 490 g/mol. The van der Waals surface area contributed by atoms with Gasteiger partial charge in [-0.05, 0) is 42.5 Å². The summed E-state index contributed by atoms with van der Waals surface area (Å²) < 4.78 is 6.61. The Morgan fingerprint density at radius 1 is 1.03 bits per heavy atom. The van der Waals surface area contributed by atoms with Gasteiger partial charge in [-0.25, -0.2) is 0 Å². The number of hydrogen-bond donors (Lipinski definition) is 1. The topological polar surface area (TPSA) is 70.8 Å². The number of nitrogens with zero attached hydrogens (tertiary/aromatic N) is 1. The molecule has 3 aromatic rings. The third kappa shape index (κ3) is 4.45. The molecule has 2 unspecified atom stereocenters. The number of hydrogen-bond acceptors (Lipinski definition) is 5. The van der Waals surface area contributed by atoms with Crippen LogP contribution in [-0.4, -0.2) is 32.2 Å². The number of thiocarbonyl (C=S) groups is 1. The summed E-state index contributed by atoms with van der Waals surface area (Å²) in [5, 5.41) is 9.40. The number of carboxylic acids is 1. The van der Waals surface area contributed by atoms with Crippen LogP contribution >= 0.6 is 24.0 Å². The number of amides is 1. The molecule has 2 fully saturated rings. The van der Waals surface area contributed by atoms with E-state index in [2.05, 4.69) is 18.2 Å². The molecule has 1 N–H and O–H groups in total. The first-order valence-corrected chi connectivity index (χ1v) is 12.5. The van der Waals surface area contributed by atoms with Crippen LogP contribution in [0.25, 0.3) is 28.5 Å². The fourth-order valence-corrected chi connectivity index (χ4v) is 6.07. The van der Waals surface area contributed by atoms with E-state index < -0.39 is 11.9 Å². The molecule has 2 aromatic carbocycles. The highest BCUT2D eigenvalue weighted by Gasteiger charge is 2.40. The quantitative estimate of drug-likeness (QED) is 0.328. The van der Waals surface area contributed by atoms with E-state index >= 15 is 0 Å².